The Kier molecular flexibility index (Phi) is 7.66. The smallest absolute Gasteiger partial charge is 0.422 e. The van der Waals surface area contributed by atoms with Gasteiger partial charge in [0.2, 0.25) is 0 Å². The van der Waals surface area contributed by atoms with Crippen LogP contribution in [-0.4, -0.2) is 46.5 Å². The number of nitrogens with one attached hydrogen (secondary N) is 1. The second-order valence-electron chi connectivity index (χ2n) is 7.28. The third-order valence-electron chi connectivity index (χ3n) is 3.45. The van der Waals surface area contributed by atoms with Gasteiger partial charge in [-0.2, -0.15) is 0 Å². The Morgan fingerprint density at radius 2 is 1.88 bits per heavy atom. The van der Waals surface area contributed by atoms with Gasteiger partial charge in [-0.3, -0.25) is 5.43 Å². The van der Waals surface area contributed by atoms with Crippen LogP contribution in [0.4, 0.5) is 4.79 Å². The van der Waals surface area contributed by atoms with Gasteiger partial charge in [0, 0.05) is 18.6 Å². The minimum Gasteiger partial charge on any atom is -0.443 e. The lowest BCUT2D eigenvalue weighted by molar-refractivity contribution is 0.0100. The predicted molar refractivity (Wildman–Crippen MR) is 95.3 cm³/mol. The van der Waals surface area contributed by atoms with E-state index in [1.165, 1.54) is 0 Å². The standard InChI is InChI=1S/C18H31N3O3/c1-13(2)21(20-17(23)24-18(3,4)5)12-16(22)15(19)11-14-9-7-6-8-10-14/h6-10,13,15-16,22H,11-12,19H2,1-5H3,(H,20,23)/t15-,16+/m0/s1. The molecule has 0 spiro atoms. The second kappa shape index (κ2) is 9.01. The molecule has 136 valence electrons. The largest absolute Gasteiger partial charge is 0.443 e. The van der Waals surface area contributed by atoms with Gasteiger partial charge < -0.3 is 15.6 Å². The number of benzene rings is 1. The SMILES string of the molecule is CC(C)N(C[C@@H](O)[C@@H](N)Cc1ccccc1)NC(=O)OC(C)(C)C. The average Bonchev–Trinajstić information content (AvgIpc) is 2.45. The van der Waals surface area contributed by atoms with Gasteiger partial charge in [-0.1, -0.05) is 30.3 Å². The van der Waals surface area contributed by atoms with Crippen molar-refractivity contribution in [2.45, 2.75) is 64.8 Å². The maximum Gasteiger partial charge on any atom is 0.422 e. The Labute approximate surface area is 144 Å². The fourth-order valence-corrected chi connectivity index (χ4v) is 2.16. The molecule has 0 aliphatic carbocycles. The van der Waals surface area contributed by atoms with Gasteiger partial charge in [-0.25, -0.2) is 9.80 Å². The Hall–Kier alpha value is -1.63. The molecule has 1 aromatic carbocycles. The predicted octanol–water partition coefficient (Wildman–Crippen LogP) is 2.07. The number of hydrogen-bond donors (Lipinski definition) is 3. The number of nitrogens with zero attached hydrogens (tertiary/aromatic N) is 1. The van der Waals surface area contributed by atoms with Crippen LogP contribution in [0.5, 0.6) is 0 Å². The molecule has 1 aromatic rings. The van der Waals surface area contributed by atoms with Gasteiger partial charge in [0.25, 0.3) is 0 Å². The summed E-state index contributed by atoms with van der Waals surface area (Å²) in [7, 11) is 0. The van der Waals surface area contributed by atoms with Crippen LogP contribution in [0.1, 0.15) is 40.2 Å². The minimum atomic E-state index is -0.775. The van der Waals surface area contributed by atoms with E-state index in [9.17, 15) is 9.90 Å². The zero-order valence-electron chi connectivity index (χ0n) is 15.3. The summed E-state index contributed by atoms with van der Waals surface area (Å²) >= 11 is 0. The molecule has 0 aliphatic rings. The summed E-state index contributed by atoms with van der Waals surface area (Å²) < 4.78 is 5.25. The Balaban J connectivity index is 2.58. The summed E-state index contributed by atoms with van der Waals surface area (Å²) in [5, 5.41) is 12.0. The average molecular weight is 337 g/mol. The van der Waals surface area contributed by atoms with Crippen molar-refractivity contribution in [1.29, 1.82) is 0 Å². The highest BCUT2D eigenvalue weighted by Gasteiger charge is 2.24. The number of ether oxygens (including phenoxy) is 1. The van der Waals surface area contributed by atoms with Gasteiger partial charge >= 0.3 is 6.09 Å². The Morgan fingerprint density at radius 3 is 2.38 bits per heavy atom. The third-order valence-corrected chi connectivity index (χ3v) is 3.45. The molecule has 2 atom stereocenters. The fourth-order valence-electron chi connectivity index (χ4n) is 2.16. The van der Waals surface area contributed by atoms with Gasteiger partial charge in [-0.15, -0.1) is 0 Å². The lowest BCUT2D eigenvalue weighted by Gasteiger charge is -2.32. The number of amides is 1. The molecular formula is C18H31N3O3. The van der Waals surface area contributed by atoms with Crippen molar-refractivity contribution in [1.82, 2.24) is 10.4 Å². The molecular weight excluding hydrogens is 306 g/mol. The summed E-state index contributed by atoms with van der Waals surface area (Å²) in [4.78, 5) is 11.9. The van der Waals surface area contributed by atoms with E-state index < -0.39 is 23.8 Å². The van der Waals surface area contributed by atoms with E-state index in [1.807, 2.05) is 44.2 Å². The van der Waals surface area contributed by atoms with Crippen molar-refractivity contribution in [3.8, 4) is 0 Å². The van der Waals surface area contributed by atoms with E-state index in [2.05, 4.69) is 5.43 Å². The van der Waals surface area contributed by atoms with Crippen molar-refractivity contribution in [3.05, 3.63) is 35.9 Å². The van der Waals surface area contributed by atoms with E-state index in [0.29, 0.717) is 6.42 Å². The number of nitrogens with two attached hydrogens (primary N) is 1. The molecule has 24 heavy (non-hydrogen) atoms. The van der Waals surface area contributed by atoms with Crippen LogP contribution in [-0.2, 0) is 11.2 Å². The number of rotatable bonds is 7. The van der Waals surface area contributed by atoms with Gasteiger partial charge in [-0.05, 0) is 46.6 Å². The van der Waals surface area contributed by atoms with E-state index in [0.717, 1.165) is 5.56 Å². The molecule has 1 amide bonds. The van der Waals surface area contributed by atoms with E-state index in [1.54, 1.807) is 25.8 Å². The van der Waals surface area contributed by atoms with Crippen LogP contribution in [0.3, 0.4) is 0 Å². The lowest BCUT2D eigenvalue weighted by Crippen LogP contribution is -2.54. The summed E-state index contributed by atoms with van der Waals surface area (Å²) in [5.41, 5.74) is 9.28. The molecule has 0 heterocycles. The zero-order chi connectivity index (χ0) is 18.3. The summed E-state index contributed by atoms with van der Waals surface area (Å²) in [5.74, 6) is 0. The quantitative estimate of drug-likeness (QED) is 0.663. The Bertz CT molecular complexity index is 500. The molecule has 1 rings (SSSR count). The summed E-state index contributed by atoms with van der Waals surface area (Å²) in [6.45, 7) is 9.48. The molecule has 0 saturated heterocycles. The molecule has 6 nitrogen and oxygen atoms in total. The van der Waals surface area contributed by atoms with E-state index >= 15 is 0 Å². The molecule has 0 unspecified atom stereocenters. The maximum atomic E-state index is 11.9. The van der Waals surface area contributed by atoms with E-state index in [-0.39, 0.29) is 12.6 Å². The molecule has 0 bridgehead atoms. The first-order valence-electron chi connectivity index (χ1n) is 8.32. The van der Waals surface area contributed by atoms with Crippen molar-refractivity contribution in [2.75, 3.05) is 6.54 Å². The first-order chi connectivity index (χ1) is 11.1. The van der Waals surface area contributed by atoms with Crippen molar-refractivity contribution in [2.24, 2.45) is 5.73 Å². The van der Waals surface area contributed by atoms with Crippen molar-refractivity contribution >= 4 is 6.09 Å². The monoisotopic (exact) mass is 337 g/mol. The number of aliphatic hydroxyl groups excluding tert-OH is 1. The number of carbonyl (C=O) groups is 1. The molecule has 0 aromatic heterocycles. The van der Waals surface area contributed by atoms with Gasteiger partial charge in [0.05, 0.1) is 6.10 Å². The first-order valence-corrected chi connectivity index (χ1v) is 8.32. The van der Waals surface area contributed by atoms with Crippen LogP contribution >= 0.6 is 0 Å². The zero-order valence-corrected chi connectivity index (χ0v) is 15.3. The Morgan fingerprint density at radius 1 is 1.29 bits per heavy atom. The highest BCUT2D eigenvalue weighted by Crippen LogP contribution is 2.09. The lowest BCUT2D eigenvalue weighted by atomic mass is 10.0. The normalized spacial score (nSPS) is 14.5. The molecule has 0 saturated carbocycles. The van der Waals surface area contributed by atoms with Crippen LogP contribution in [0.2, 0.25) is 0 Å². The fraction of sp³-hybridized carbons (Fsp3) is 0.611. The number of carbonyl (C=O) groups excluding carboxylic acids is 1. The summed E-state index contributed by atoms with van der Waals surface area (Å²) in [6, 6.07) is 9.36. The highest BCUT2D eigenvalue weighted by atomic mass is 16.6. The third kappa shape index (κ3) is 7.77. The van der Waals surface area contributed by atoms with Crippen LogP contribution in [0, 0.1) is 0 Å². The van der Waals surface area contributed by atoms with Crippen LogP contribution < -0.4 is 11.2 Å². The van der Waals surface area contributed by atoms with Crippen LogP contribution in [0.15, 0.2) is 30.3 Å². The highest BCUT2D eigenvalue weighted by molar-refractivity contribution is 5.67. The topological polar surface area (TPSA) is 87.8 Å². The van der Waals surface area contributed by atoms with E-state index in [4.69, 9.17) is 10.5 Å². The van der Waals surface area contributed by atoms with Crippen molar-refractivity contribution in [3.63, 3.8) is 0 Å². The molecule has 0 aliphatic heterocycles. The summed E-state index contributed by atoms with van der Waals surface area (Å²) in [6.07, 6.45) is -0.747. The first kappa shape index (κ1) is 20.4. The van der Waals surface area contributed by atoms with Gasteiger partial charge in [0.15, 0.2) is 0 Å². The molecule has 4 N–H and O–H groups in total. The number of hydrazine groups is 1. The number of hydrogen-bond acceptors (Lipinski definition) is 5. The maximum absolute atomic E-state index is 11.9. The van der Waals surface area contributed by atoms with Gasteiger partial charge in [0.1, 0.15) is 5.60 Å². The molecule has 0 radical (unpaired) electrons. The second-order valence-corrected chi connectivity index (χ2v) is 7.28. The number of aliphatic hydroxyl groups is 1. The van der Waals surface area contributed by atoms with Crippen LogP contribution in [0.25, 0.3) is 0 Å². The van der Waals surface area contributed by atoms with Crippen molar-refractivity contribution < 1.29 is 14.6 Å². The minimum absolute atomic E-state index is 0.00362. The molecule has 6 heteroatoms. The molecule has 0 fully saturated rings.